The van der Waals surface area contributed by atoms with Gasteiger partial charge in [-0.25, -0.2) is 15.3 Å². The summed E-state index contributed by atoms with van der Waals surface area (Å²) < 4.78 is 22.5. The van der Waals surface area contributed by atoms with E-state index in [0.29, 0.717) is 5.69 Å². The van der Waals surface area contributed by atoms with Crippen LogP contribution in [0, 0.1) is 6.92 Å². The maximum absolute atomic E-state index is 11.3. The number of nitrogens with zero attached hydrogens (tertiary/aromatic N) is 1. The van der Waals surface area contributed by atoms with Crippen LogP contribution in [-0.4, -0.2) is 25.3 Å². The van der Waals surface area contributed by atoms with Gasteiger partial charge < -0.3 is 0 Å². The van der Waals surface area contributed by atoms with Gasteiger partial charge in [0.05, 0.1) is 10.6 Å². The monoisotopic (exact) mass is 251 g/mol. The molecule has 0 atom stereocenters. The molecule has 1 aromatic heterocycles. The summed E-state index contributed by atoms with van der Waals surface area (Å²) in [4.78, 5) is 20.3. The van der Waals surface area contributed by atoms with Crippen LogP contribution in [-0.2, 0) is 19.4 Å². The number of hydrogen-bond acceptors (Lipinski definition) is 5. The molecule has 5 nitrogen and oxygen atoms in total. The molecule has 16 heavy (non-hydrogen) atoms. The van der Waals surface area contributed by atoms with Gasteiger partial charge in [-0.05, 0) is 0 Å². The first-order valence-electron chi connectivity index (χ1n) is 3.98. The molecule has 1 heterocycles. The summed E-state index contributed by atoms with van der Waals surface area (Å²) in [7, 11) is -3.11. The minimum Gasteiger partial charge on any atom is -0.294 e. The summed E-state index contributed by atoms with van der Waals surface area (Å²) in [6, 6.07) is 3.11. The Balaban J connectivity index is 0. The molecular weight excluding hydrogens is 241 g/mol. The largest absolute Gasteiger partial charge is 1.00 e. The van der Waals surface area contributed by atoms with E-state index in [1.165, 1.54) is 12.3 Å². The SMILES string of the molecule is O=C=O.[CH2-]c1ccc(S(=O)(=O)CC)cn1.[Na+]. The normalized spacial score (nSPS) is 9.06. The summed E-state index contributed by atoms with van der Waals surface area (Å²) in [6.45, 7) is 5.17. The zero-order valence-electron chi connectivity index (χ0n) is 9.13. The second kappa shape index (κ2) is 8.50. The minimum atomic E-state index is -3.11. The predicted octanol–water partition coefficient (Wildman–Crippen LogP) is -2.52. The van der Waals surface area contributed by atoms with Crippen LogP contribution in [0.4, 0.5) is 0 Å². The molecule has 0 unspecified atom stereocenters. The van der Waals surface area contributed by atoms with Crippen molar-refractivity contribution in [3.8, 4) is 0 Å². The van der Waals surface area contributed by atoms with Gasteiger partial charge in [0.15, 0.2) is 9.84 Å². The average Bonchev–Trinajstić information content (AvgIpc) is 2.20. The first-order chi connectivity index (χ1) is 6.97. The van der Waals surface area contributed by atoms with E-state index in [2.05, 4.69) is 11.9 Å². The van der Waals surface area contributed by atoms with Crippen LogP contribution in [0.1, 0.15) is 12.6 Å². The maximum atomic E-state index is 11.3. The van der Waals surface area contributed by atoms with E-state index < -0.39 is 9.84 Å². The minimum absolute atomic E-state index is 0. The number of hydrogen-bond donors (Lipinski definition) is 0. The van der Waals surface area contributed by atoms with E-state index in [0.717, 1.165) is 0 Å². The summed E-state index contributed by atoms with van der Waals surface area (Å²) in [5.41, 5.74) is 0.574. The molecule has 0 aliphatic heterocycles. The van der Waals surface area contributed by atoms with E-state index in [4.69, 9.17) is 9.59 Å². The molecule has 0 saturated carbocycles. The molecule has 0 radical (unpaired) electrons. The molecule has 0 aliphatic rings. The van der Waals surface area contributed by atoms with Crippen molar-refractivity contribution in [2.75, 3.05) is 5.75 Å². The zero-order chi connectivity index (χ0) is 11.9. The second-order valence-electron chi connectivity index (χ2n) is 2.47. The van der Waals surface area contributed by atoms with Gasteiger partial charge in [-0.15, -0.1) is 11.8 Å². The third-order valence-electron chi connectivity index (χ3n) is 1.54. The van der Waals surface area contributed by atoms with Crippen LogP contribution < -0.4 is 29.6 Å². The molecule has 0 bridgehead atoms. The molecule has 0 aliphatic carbocycles. The Morgan fingerprint density at radius 1 is 1.38 bits per heavy atom. The standard InChI is InChI=1S/C8H10NO2S.CO2.Na/c1-3-12(10,11)8-5-4-7(2)9-6-8;2-1-3;/h4-6H,2-3H2,1H3;;/q-1;;+1. The molecular formula is C9H10NNaO4S. The first kappa shape index (κ1) is 17.7. The fourth-order valence-electron chi connectivity index (χ4n) is 0.762. The predicted molar refractivity (Wildman–Crippen MR) is 51.4 cm³/mol. The topological polar surface area (TPSA) is 81.2 Å². The van der Waals surface area contributed by atoms with Gasteiger partial charge in [-0.2, -0.15) is 15.7 Å². The Labute approximate surface area is 116 Å². The first-order valence-corrected chi connectivity index (χ1v) is 5.63. The molecule has 0 spiro atoms. The quantitative estimate of drug-likeness (QED) is 0.428. The molecule has 7 heteroatoms. The van der Waals surface area contributed by atoms with Crippen LogP contribution in [0.25, 0.3) is 0 Å². The van der Waals surface area contributed by atoms with E-state index in [1.807, 2.05) is 0 Å². The molecule has 0 aromatic carbocycles. The second-order valence-corrected chi connectivity index (χ2v) is 4.75. The Bertz CT molecular complexity index is 435. The van der Waals surface area contributed by atoms with Crippen LogP contribution in [0.2, 0.25) is 0 Å². The number of rotatable bonds is 2. The Hall–Kier alpha value is -0.650. The van der Waals surface area contributed by atoms with Gasteiger partial charge in [-0.3, -0.25) is 4.98 Å². The van der Waals surface area contributed by atoms with Crippen molar-refractivity contribution in [1.82, 2.24) is 4.98 Å². The van der Waals surface area contributed by atoms with Gasteiger partial charge in [-0.1, -0.05) is 6.92 Å². The molecule has 0 fully saturated rings. The zero-order valence-corrected chi connectivity index (χ0v) is 12.0. The van der Waals surface area contributed by atoms with Gasteiger partial charge in [0.2, 0.25) is 0 Å². The number of pyridine rings is 1. The smallest absolute Gasteiger partial charge is 0.294 e. The number of carbonyl (C=O) groups excluding carboxylic acids is 2. The Kier molecular flexibility index (Phi) is 9.42. The fraction of sp³-hybridized carbons (Fsp3) is 0.222. The van der Waals surface area contributed by atoms with Crippen molar-refractivity contribution in [1.29, 1.82) is 0 Å². The van der Waals surface area contributed by atoms with Crippen molar-refractivity contribution in [3.05, 3.63) is 30.9 Å². The van der Waals surface area contributed by atoms with E-state index in [1.54, 1.807) is 13.0 Å². The van der Waals surface area contributed by atoms with Crippen LogP contribution in [0.3, 0.4) is 0 Å². The van der Waals surface area contributed by atoms with Gasteiger partial charge in [0, 0.05) is 6.20 Å². The maximum Gasteiger partial charge on any atom is 1.00 e. The van der Waals surface area contributed by atoms with Gasteiger partial charge in [0.1, 0.15) is 0 Å². The van der Waals surface area contributed by atoms with Crippen LogP contribution in [0.15, 0.2) is 23.2 Å². The molecule has 0 saturated heterocycles. The van der Waals surface area contributed by atoms with E-state index in [9.17, 15) is 8.42 Å². The number of sulfone groups is 1. The van der Waals surface area contributed by atoms with E-state index in [-0.39, 0.29) is 46.4 Å². The third kappa shape index (κ3) is 6.05. The molecule has 82 valence electrons. The Morgan fingerprint density at radius 2 is 1.88 bits per heavy atom. The summed E-state index contributed by atoms with van der Waals surface area (Å²) in [5, 5.41) is 0. The fourth-order valence-corrected chi connectivity index (χ4v) is 1.58. The summed E-state index contributed by atoms with van der Waals surface area (Å²) in [6.07, 6.45) is 1.58. The molecule has 0 amide bonds. The van der Waals surface area contributed by atoms with Crippen LogP contribution in [0.5, 0.6) is 0 Å². The van der Waals surface area contributed by atoms with Crippen molar-refractivity contribution in [2.24, 2.45) is 0 Å². The van der Waals surface area contributed by atoms with Crippen molar-refractivity contribution < 1.29 is 47.6 Å². The summed E-state index contributed by atoms with van der Waals surface area (Å²) in [5.74, 6) is 0.102. The van der Waals surface area contributed by atoms with Crippen molar-refractivity contribution in [3.63, 3.8) is 0 Å². The van der Waals surface area contributed by atoms with Gasteiger partial charge >= 0.3 is 35.7 Å². The van der Waals surface area contributed by atoms with Crippen molar-refractivity contribution >= 4 is 16.0 Å². The average molecular weight is 251 g/mol. The summed E-state index contributed by atoms with van der Waals surface area (Å²) >= 11 is 0. The molecule has 1 aromatic rings. The van der Waals surface area contributed by atoms with Crippen molar-refractivity contribution in [2.45, 2.75) is 11.8 Å². The molecule has 0 N–H and O–H groups in total. The van der Waals surface area contributed by atoms with Gasteiger partial charge in [0.25, 0.3) is 0 Å². The number of aromatic nitrogens is 1. The van der Waals surface area contributed by atoms with Crippen LogP contribution >= 0.6 is 0 Å². The molecule has 1 rings (SSSR count). The Morgan fingerprint density at radius 3 is 2.19 bits per heavy atom. The third-order valence-corrected chi connectivity index (χ3v) is 3.26. The van der Waals surface area contributed by atoms with E-state index >= 15 is 0 Å².